The SMILES string of the molecule is C=CCSc1cccc(C(C)O)c1. The molecular weight excluding hydrogens is 180 g/mol. The molecule has 0 aliphatic carbocycles. The van der Waals surface area contributed by atoms with Gasteiger partial charge in [-0.05, 0) is 24.6 Å². The Balaban J connectivity index is 2.73. The van der Waals surface area contributed by atoms with Gasteiger partial charge in [0.25, 0.3) is 0 Å². The van der Waals surface area contributed by atoms with Gasteiger partial charge in [-0.1, -0.05) is 18.2 Å². The van der Waals surface area contributed by atoms with Crippen LogP contribution in [0.4, 0.5) is 0 Å². The molecule has 1 rings (SSSR count). The first-order chi connectivity index (χ1) is 6.24. The first kappa shape index (κ1) is 10.4. The smallest absolute Gasteiger partial charge is 0.0762 e. The third-order valence-electron chi connectivity index (χ3n) is 1.71. The van der Waals surface area contributed by atoms with E-state index in [0.29, 0.717) is 0 Å². The summed E-state index contributed by atoms with van der Waals surface area (Å²) >= 11 is 1.72. The van der Waals surface area contributed by atoms with Crippen molar-refractivity contribution in [3.63, 3.8) is 0 Å². The monoisotopic (exact) mass is 194 g/mol. The van der Waals surface area contributed by atoms with Gasteiger partial charge in [-0.3, -0.25) is 0 Å². The molecule has 1 N–H and O–H groups in total. The van der Waals surface area contributed by atoms with Crippen molar-refractivity contribution in [3.05, 3.63) is 42.5 Å². The van der Waals surface area contributed by atoms with Gasteiger partial charge in [0.15, 0.2) is 0 Å². The highest BCUT2D eigenvalue weighted by atomic mass is 32.2. The number of rotatable bonds is 4. The summed E-state index contributed by atoms with van der Waals surface area (Å²) in [6, 6.07) is 7.95. The number of hydrogen-bond donors (Lipinski definition) is 1. The molecule has 13 heavy (non-hydrogen) atoms. The van der Waals surface area contributed by atoms with Crippen LogP contribution in [0.3, 0.4) is 0 Å². The molecular formula is C11H14OS. The lowest BCUT2D eigenvalue weighted by Crippen LogP contribution is -1.90. The van der Waals surface area contributed by atoms with Crippen molar-refractivity contribution < 1.29 is 5.11 Å². The second-order valence-corrected chi connectivity index (χ2v) is 3.94. The summed E-state index contributed by atoms with van der Waals surface area (Å²) in [6.07, 6.45) is 1.49. The molecule has 0 bridgehead atoms. The topological polar surface area (TPSA) is 20.2 Å². The lowest BCUT2D eigenvalue weighted by molar-refractivity contribution is 0.199. The zero-order valence-corrected chi connectivity index (χ0v) is 8.55. The minimum atomic E-state index is -0.385. The maximum atomic E-state index is 9.34. The lowest BCUT2D eigenvalue weighted by Gasteiger charge is -2.06. The van der Waals surface area contributed by atoms with Crippen LogP contribution in [0.15, 0.2) is 41.8 Å². The predicted molar refractivity (Wildman–Crippen MR) is 58.0 cm³/mol. The molecule has 2 heteroatoms. The molecule has 0 amide bonds. The van der Waals surface area contributed by atoms with Crippen LogP contribution >= 0.6 is 11.8 Å². The minimum Gasteiger partial charge on any atom is -0.389 e. The summed E-state index contributed by atoms with van der Waals surface area (Å²) < 4.78 is 0. The molecule has 1 nitrogen and oxygen atoms in total. The maximum Gasteiger partial charge on any atom is 0.0762 e. The molecule has 0 aliphatic heterocycles. The molecule has 1 atom stereocenters. The molecule has 0 radical (unpaired) electrons. The third kappa shape index (κ3) is 3.25. The van der Waals surface area contributed by atoms with E-state index in [4.69, 9.17) is 0 Å². The van der Waals surface area contributed by atoms with E-state index in [2.05, 4.69) is 6.58 Å². The second kappa shape index (κ2) is 5.10. The van der Waals surface area contributed by atoms with Crippen LogP contribution in [0, 0.1) is 0 Å². The number of aliphatic hydroxyl groups excluding tert-OH is 1. The number of thioether (sulfide) groups is 1. The van der Waals surface area contributed by atoms with Crippen LogP contribution in [0.5, 0.6) is 0 Å². The highest BCUT2D eigenvalue weighted by Gasteiger charge is 2.00. The van der Waals surface area contributed by atoms with E-state index >= 15 is 0 Å². The largest absolute Gasteiger partial charge is 0.389 e. The molecule has 1 unspecified atom stereocenters. The average molecular weight is 194 g/mol. The van der Waals surface area contributed by atoms with Gasteiger partial charge < -0.3 is 5.11 Å². The molecule has 0 fully saturated rings. The van der Waals surface area contributed by atoms with Crippen molar-refractivity contribution in [2.24, 2.45) is 0 Å². The zero-order valence-electron chi connectivity index (χ0n) is 7.73. The summed E-state index contributed by atoms with van der Waals surface area (Å²) in [5, 5.41) is 9.34. The highest BCUT2D eigenvalue weighted by Crippen LogP contribution is 2.21. The van der Waals surface area contributed by atoms with E-state index < -0.39 is 0 Å². The number of benzene rings is 1. The Morgan fingerprint density at radius 1 is 1.62 bits per heavy atom. The summed E-state index contributed by atoms with van der Waals surface area (Å²) in [5.74, 6) is 0.906. The summed E-state index contributed by atoms with van der Waals surface area (Å²) in [7, 11) is 0. The Kier molecular flexibility index (Phi) is 4.06. The second-order valence-electron chi connectivity index (χ2n) is 2.85. The standard InChI is InChI=1S/C11H14OS/c1-3-7-13-11-6-4-5-10(8-11)9(2)12/h3-6,8-9,12H,1,7H2,2H3. The van der Waals surface area contributed by atoms with Gasteiger partial charge in [-0.15, -0.1) is 18.3 Å². The van der Waals surface area contributed by atoms with Gasteiger partial charge in [-0.25, -0.2) is 0 Å². The van der Waals surface area contributed by atoms with Crippen molar-refractivity contribution in [1.82, 2.24) is 0 Å². The molecule has 1 aromatic rings. The van der Waals surface area contributed by atoms with E-state index in [1.807, 2.05) is 30.3 Å². The number of hydrogen-bond acceptors (Lipinski definition) is 2. The molecule has 0 heterocycles. The summed E-state index contributed by atoms with van der Waals surface area (Å²) in [5.41, 5.74) is 0.967. The highest BCUT2D eigenvalue weighted by molar-refractivity contribution is 7.99. The van der Waals surface area contributed by atoms with Crippen LogP contribution in [-0.2, 0) is 0 Å². The number of aliphatic hydroxyl groups is 1. The van der Waals surface area contributed by atoms with E-state index in [-0.39, 0.29) is 6.10 Å². The van der Waals surface area contributed by atoms with E-state index in [1.165, 1.54) is 4.90 Å². The van der Waals surface area contributed by atoms with Gasteiger partial charge in [-0.2, -0.15) is 0 Å². The van der Waals surface area contributed by atoms with Gasteiger partial charge in [0.1, 0.15) is 0 Å². The van der Waals surface area contributed by atoms with Crippen LogP contribution in [0.25, 0.3) is 0 Å². The Hall–Kier alpha value is -0.730. The lowest BCUT2D eigenvalue weighted by atomic mass is 10.1. The summed E-state index contributed by atoms with van der Waals surface area (Å²) in [4.78, 5) is 1.18. The maximum absolute atomic E-state index is 9.34. The first-order valence-electron chi connectivity index (χ1n) is 4.25. The van der Waals surface area contributed by atoms with Crippen molar-refractivity contribution >= 4 is 11.8 Å². The zero-order chi connectivity index (χ0) is 9.68. The molecule has 0 aromatic heterocycles. The third-order valence-corrected chi connectivity index (χ3v) is 2.70. The summed E-state index contributed by atoms with van der Waals surface area (Å²) in [6.45, 7) is 5.44. The fourth-order valence-corrected chi connectivity index (χ4v) is 1.72. The van der Waals surface area contributed by atoms with Crippen molar-refractivity contribution in [2.75, 3.05) is 5.75 Å². The van der Waals surface area contributed by atoms with Crippen LogP contribution in [0.1, 0.15) is 18.6 Å². The molecule has 70 valence electrons. The fourth-order valence-electron chi connectivity index (χ4n) is 1.02. The fraction of sp³-hybridized carbons (Fsp3) is 0.273. The Bertz CT molecular complexity index is 281. The molecule has 0 aliphatic rings. The normalized spacial score (nSPS) is 12.5. The van der Waals surface area contributed by atoms with Gasteiger partial charge in [0.2, 0.25) is 0 Å². The Morgan fingerprint density at radius 2 is 2.38 bits per heavy atom. The average Bonchev–Trinajstić information content (AvgIpc) is 2.15. The van der Waals surface area contributed by atoms with Crippen LogP contribution in [-0.4, -0.2) is 10.9 Å². The molecule has 0 saturated carbocycles. The van der Waals surface area contributed by atoms with Crippen molar-refractivity contribution in [2.45, 2.75) is 17.9 Å². The molecule has 1 aromatic carbocycles. The van der Waals surface area contributed by atoms with E-state index in [9.17, 15) is 5.11 Å². The van der Waals surface area contributed by atoms with E-state index in [1.54, 1.807) is 18.7 Å². The molecule has 0 spiro atoms. The Labute approximate surface area is 83.5 Å². The van der Waals surface area contributed by atoms with Gasteiger partial charge in [0, 0.05) is 10.6 Å². The van der Waals surface area contributed by atoms with Crippen molar-refractivity contribution in [3.8, 4) is 0 Å². The first-order valence-corrected chi connectivity index (χ1v) is 5.24. The Morgan fingerprint density at radius 3 is 3.00 bits per heavy atom. The van der Waals surface area contributed by atoms with Crippen LogP contribution < -0.4 is 0 Å². The van der Waals surface area contributed by atoms with Crippen molar-refractivity contribution in [1.29, 1.82) is 0 Å². The quantitative estimate of drug-likeness (QED) is 0.587. The van der Waals surface area contributed by atoms with Gasteiger partial charge >= 0.3 is 0 Å². The minimum absolute atomic E-state index is 0.385. The molecule has 0 saturated heterocycles. The van der Waals surface area contributed by atoms with Gasteiger partial charge in [0.05, 0.1) is 6.10 Å². The van der Waals surface area contributed by atoms with Crippen LogP contribution in [0.2, 0.25) is 0 Å². The predicted octanol–water partition coefficient (Wildman–Crippen LogP) is 3.02. The van der Waals surface area contributed by atoms with E-state index in [0.717, 1.165) is 11.3 Å².